The van der Waals surface area contributed by atoms with Gasteiger partial charge in [-0.2, -0.15) is 0 Å². The van der Waals surface area contributed by atoms with Crippen molar-refractivity contribution in [3.8, 4) is 0 Å². The number of ketones is 1. The maximum atomic E-state index is 14.4. The van der Waals surface area contributed by atoms with Crippen molar-refractivity contribution in [1.29, 1.82) is 0 Å². The Morgan fingerprint density at radius 3 is 2.43 bits per heavy atom. The molecule has 2 aliphatic rings. The van der Waals surface area contributed by atoms with E-state index in [2.05, 4.69) is 14.7 Å². The Kier molecular flexibility index (Phi) is 6.92. The summed E-state index contributed by atoms with van der Waals surface area (Å²) in [5.41, 5.74) is 2.17. The molecule has 0 atom stereocenters. The van der Waals surface area contributed by atoms with Gasteiger partial charge in [0.05, 0.1) is 16.8 Å². The topological polar surface area (TPSA) is 57.9 Å². The Morgan fingerprint density at radius 1 is 1.08 bits per heavy atom. The standard InChI is InChI=1S/C30H31FN4O2/c1-3-27(36)21-11-15-35(16-12-21)29(37)25-20-33-26-10-9-23(31)19-24(26)28(25)34-17-13-30(32-2,14-18-34)22-7-5-4-6-8-22/h4-10,19-21H,3,11-18H2,1H3. The summed E-state index contributed by atoms with van der Waals surface area (Å²) in [4.78, 5) is 38.4. The van der Waals surface area contributed by atoms with E-state index in [1.807, 2.05) is 37.3 Å². The smallest absolute Gasteiger partial charge is 0.260 e. The van der Waals surface area contributed by atoms with Crippen LogP contribution in [0.2, 0.25) is 0 Å². The molecule has 2 fully saturated rings. The van der Waals surface area contributed by atoms with Gasteiger partial charge in [-0.05, 0) is 31.0 Å². The van der Waals surface area contributed by atoms with E-state index in [9.17, 15) is 14.0 Å². The van der Waals surface area contributed by atoms with Crippen LogP contribution in [-0.2, 0) is 10.3 Å². The highest BCUT2D eigenvalue weighted by atomic mass is 19.1. The van der Waals surface area contributed by atoms with Crippen LogP contribution in [-0.4, -0.2) is 47.8 Å². The quantitative estimate of drug-likeness (QED) is 0.429. The SMILES string of the molecule is [C-]#[N+]C1(c2ccccc2)CCN(c2c(C(=O)N3CCC(C(=O)CC)CC3)cnc3ccc(F)cc23)CC1. The Hall–Kier alpha value is -3.79. The molecule has 190 valence electrons. The predicted molar refractivity (Wildman–Crippen MR) is 142 cm³/mol. The molecule has 2 aromatic carbocycles. The predicted octanol–water partition coefficient (Wildman–Crippen LogP) is 5.62. The molecule has 1 aromatic heterocycles. The highest BCUT2D eigenvalue weighted by Crippen LogP contribution is 2.41. The number of halogens is 1. The van der Waals surface area contributed by atoms with Gasteiger partial charge in [0.25, 0.3) is 11.4 Å². The zero-order valence-electron chi connectivity index (χ0n) is 21.1. The zero-order chi connectivity index (χ0) is 26.0. The first kappa shape index (κ1) is 24.9. The number of anilines is 1. The summed E-state index contributed by atoms with van der Waals surface area (Å²) < 4.78 is 14.4. The molecule has 2 saturated heterocycles. The van der Waals surface area contributed by atoms with E-state index in [0.29, 0.717) is 80.4 Å². The van der Waals surface area contributed by atoms with Crippen molar-refractivity contribution >= 4 is 28.3 Å². The van der Waals surface area contributed by atoms with E-state index >= 15 is 0 Å². The number of rotatable bonds is 5. The van der Waals surface area contributed by atoms with E-state index < -0.39 is 5.54 Å². The molecule has 2 aliphatic heterocycles. The first-order chi connectivity index (χ1) is 18.0. The second kappa shape index (κ2) is 10.3. The second-order valence-corrected chi connectivity index (χ2v) is 10.1. The maximum absolute atomic E-state index is 14.4. The van der Waals surface area contributed by atoms with Crippen LogP contribution in [0, 0.1) is 18.3 Å². The zero-order valence-corrected chi connectivity index (χ0v) is 21.1. The van der Waals surface area contributed by atoms with Crippen molar-refractivity contribution in [2.45, 2.75) is 44.6 Å². The van der Waals surface area contributed by atoms with Gasteiger partial charge in [-0.1, -0.05) is 37.3 Å². The van der Waals surface area contributed by atoms with Crippen molar-refractivity contribution in [1.82, 2.24) is 9.88 Å². The molecular weight excluding hydrogens is 467 g/mol. The number of benzene rings is 2. The maximum Gasteiger partial charge on any atom is 0.260 e. The average molecular weight is 499 g/mol. The Balaban J connectivity index is 1.47. The highest BCUT2D eigenvalue weighted by Gasteiger charge is 2.43. The van der Waals surface area contributed by atoms with Crippen molar-refractivity contribution in [3.05, 3.63) is 83.1 Å². The lowest BCUT2D eigenvalue weighted by molar-refractivity contribution is -0.123. The lowest BCUT2D eigenvalue weighted by Gasteiger charge is -2.37. The number of fused-ring (bicyclic) bond motifs is 1. The Bertz CT molecular complexity index is 1350. The number of piperidine rings is 2. The molecule has 3 aromatic rings. The number of amides is 1. The van der Waals surface area contributed by atoms with Crippen LogP contribution in [0.25, 0.3) is 15.7 Å². The van der Waals surface area contributed by atoms with Crippen molar-refractivity contribution < 1.29 is 14.0 Å². The number of aromatic nitrogens is 1. The summed E-state index contributed by atoms with van der Waals surface area (Å²) in [6.07, 6.45) is 4.67. The summed E-state index contributed by atoms with van der Waals surface area (Å²) in [5, 5.41) is 0.608. The molecule has 0 bridgehead atoms. The molecule has 6 nitrogen and oxygen atoms in total. The lowest BCUT2D eigenvalue weighted by Crippen LogP contribution is -2.43. The molecule has 7 heteroatoms. The van der Waals surface area contributed by atoms with Gasteiger partial charge >= 0.3 is 0 Å². The third-order valence-electron chi connectivity index (χ3n) is 8.05. The number of pyridine rings is 1. The van der Waals surface area contributed by atoms with Crippen molar-refractivity contribution in [2.24, 2.45) is 5.92 Å². The van der Waals surface area contributed by atoms with Crippen molar-refractivity contribution in [2.75, 3.05) is 31.1 Å². The van der Waals surface area contributed by atoms with Crippen LogP contribution < -0.4 is 4.90 Å². The minimum atomic E-state index is -0.607. The van der Waals surface area contributed by atoms with E-state index in [1.165, 1.54) is 12.1 Å². The third kappa shape index (κ3) is 4.69. The molecule has 0 N–H and O–H groups in total. The van der Waals surface area contributed by atoms with E-state index in [1.54, 1.807) is 17.2 Å². The fourth-order valence-electron chi connectivity index (χ4n) is 5.83. The average Bonchev–Trinajstić information content (AvgIpc) is 2.96. The van der Waals surface area contributed by atoms with Crippen LogP contribution in [0.3, 0.4) is 0 Å². The summed E-state index contributed by atoms with van der Waals surface area (Å²) in [7, 11) is 0. The number of hydrogen-bond acceptors (Lipinski definition) is 4. The molecule has 1 amide bonds. The van der Waals surface area contributed by atoms with Gasteiger partial charge in [0, 0.05) is 68.5 Å². The first-order valence-electron chi connectivity index (χ1n) is 13.0. The number of carbonyl (C=O) groups is 2. The van der Waals surface area contributed by atoms with Crippen LogP contribution in [0.5, 0.6) is 0 Å². The molecule has 0 spiro atoms. The summed E-state index contributed by atoms with van der Waals surface area (Å²) in [6, 6.07) is 14.4. The normalized spacial score (nSPS) is 18.0. The molecule has 37 heavy (non-hydrogen) atoms. The lowest BCUT2D eigenvalue weighted by atomic mass is 9.81. The molecule has 3 heterocycles. The van der Waals surface area contributed by atoms with Crippen LogP contribution in [0.1, 0.15) is 54.9 Å². The first-order valence-corrected chi connectivity index (χ1v) is 13.0. The minimum Gasteiger partial charge on any atom is -0.370 e. The number of Topliss-reactive ketones (excluding diaryl/α,β-unsaturated/α-hetero) is 1. The van der Waals surface area contributed by atoms with Crippen LogP contribution in [0.15, 0.2) is 54.7 Å². The van der Waals surface area contributed by atoms with Crippen LogP contribution in [0.4, 0.5) is 10.1 Å². The Morgan fingerprint density at radius 2 is 1.78 bits per heavy atom. The number of nitrogens with zero attached hydrogens (tertiary/aromatic N) is 4. The molecule has 0 saturated carbocycles. The third-order valence-corrected chi connectivity index (χ3v) is 8.05. The monoisotopic (exact) mass is 498 g/mol. The van der Waals surface area contributed by atoms with Gasteiger partial charge in [0.2, 0.25) is 0 Å². The molecule has 0 radical (unpaired) electrons. The summed E-state index contributed by atoms with van der Waals surface area (Å²) in [6.45, 7) is 12.0. The van der Waals surface area contributed by atoms with Gasteiger partial charge in [-0.25, -0.2) is 11.0 Å². The van der Waals surface area contributed by atoms with Crippen molar-refractivity contribution in [3.63, 3.8) is 0 Å². The number of likely N-dealkylation sites (tertiary alicyclic amines) is 1. The van der Waals surface area contributed by atoms with E-state index in [0.717, 1.165) is 5.56 Å². The molecule has 0 aliphatic carbocycles. The van der Waals surface area contributed by atoms with E-state index in [4.69, 9.17) is 6.57 Å². The van der Waals surface area contributed by atoms with Gasteiger partial charge in [-0.15, -0.1) is 0 Å². The summed E-state index contributed by atoms with van der Waals surface area (Å²) in [5.74, 6) is -0.248. The largest absolute Gasteiger partial charge is 0.370 e. The van der Waals surface area contributed by atoms with Crippen LogP contribution >= 0.6 is 0 Å². The second-order valence-electron chi connectivity index (χ2n) is 10.1. The van der Waals surface area contributed by atoms with Gasteiger partial charge < -0.3 is 14.6 Å². The fraction of sp³-hybridized carbons (Fsp3) is 0.400. The highest BCUT2D eigenvalue weighted by molar-refractivity contribution is 6.07. The minimum absolute atomic E-state index is 0.0131. The molecular formula is C30H31FN4O2. The van der Waals surface area contributed by atoms with Gasteiger partial charge in [-0.3, -0.25) is 14.6 Å². The van der Waals surface area contributed by atoms with E-state index in [-0.39, 0.29) is 23.4 Å². The summed E-state index contributed by atoms with van der Waals surface area (Å²) >= 11 is 0. The Labute approximate surface area is 216 Å². The van der Waals surface area contributed by atoms with Gasteiger partial charge in [0.1, 0.15) is 11.6 Å². The number of carbonyl (C=O) groups excluding carboxylic acids is 2. The fourth-order valence-corrected chi connectivity index (χ4v) is 5.83. The molecule has 0 unspecified atom stereocenters. The number of hydrogen-bond donors (Lipinski definition) is 0. The van der Waals surface area contributed by atoms with Gasteiger partial charge in [0.15, 0.2) is 0 Å². The molecule has 5 rings (SSSR count).